The molecule has 0 radical (unpaired) electrons. The predicted molar refractivity (Wildman–Crippen MR) is 88.9 cm³/mol. The number of rotatable bonds is 5. The second-order valence-corrected chi connectivity index (χ2v) is 6.81. The highest BCUT2D eigenvalue weighted by Gasteiger charge is 2.33. The molecule has 1 aliphatic heterocycles. The molecule has 23 heavy (non-hydrogen) atoms. The van der Waals surface area contributed by atoms with Gasteiger partial charge in [-0.05, 0) is 52.4 Å². The van der Waals surface area contributed by atoms with Crippen LogP contribution in [-0.2, 0) is 13.6 Å². The summed E-state index contributed by atoms with van der Waals surface area (Å²) < 4.78 is 7.19. The molecule has 6 heteroatoms. The van der Waals surface area contributed by atoms with Gasteiger partial charge < -0.3 is 9.42 Å². The van der Waals surface area contributed by atoms with Gasteiger partial charge in [-0.2, -0.15) is 5.10 Å². The van der Waals surface area contributed by atoms with Gasteiger partial charge >= 0.3 is 0 Å². The normalized spacial score (nSPS) is 22.8. The van der Waals surface area contributed by atoms with Crippen molar-refractivity contribution in [2.24, 2.45) is 13.0 Å². The van der Waals surface area contributed by atoms with Crippen molar-refractivity contribution in [3.8, 4) is 0 Å². The van der Waals surface area contributed by atoms with Crippen molar-refractivity contribution in [3.63, 3.8) is 0 Å². The summed E-state index contributed by atoms with van der Waals surface area (Å²) in [6.45, 7) is 5.07. The van der Waals surface area contributed by atoms with E-state index in [0.29, 0.717) is 12.0 Å². The Balaban J connectivity index is 1.71. The number of hydrogen-bond donors (Lipinski definition) is 0. The van der Waals surface area contributed by atoms with Crippen LogP contribution in [0.4, 0.5) is 0 Å². The third-order valence-corrected chi connectivity index (χ3v) is 5.01. The van der Waals surface area contributed by atoms with Gasteiger partial charge in [0.2, 0.25) is 0 Å². The van der Waals surface area contributed by atoms with Crippen LogP contribution >= 0.6 is 0 Å². The third kappa shape index (κ3) is 3.48. The zero-order valence-corrected chi connectivity index (χ0v) is 14.6. The molecule has 6 nitrogen and oxygen atoms in total. The monoisotopic (exact) mass is 317 g/mol. The molecule has 0 aliphatic carbocycles. The standard InChI is InChI=1S/C17H27N5O/c1-13-15(10-19-23-13)12-20(2)11-14-6-5-9-21(3)17(14)16-7-8-18-22(16)4/h7-8,10,14,17H,5-6,9,11-12H2,1-4H3/t14-,17+/m0/s1. The van der Waals surface area contributed by atoms with E-state index in [1.807, 2.05) is 31.0 Å². The summed E-state index contributed by atoms with van der Waals surface area (Å²) in [6.07, 6.45) is 6.25. The molecule has 3 rings (SSSR count). The Morgan fingerprint density at radius 3 is 2.87 bits per heavy atom. The fourth-order valence-corrected chi connectivity index (χ4v) is 3.82. The van der Waals surface area contributed by atoms with Gasteiger partial charge in [0.25, 0.3) is 0 Å². The van der Waals surface area contributed by atoms with Crippen LogP contribution in [0.5, 0.6) is 0 Å². The van der Waals surface area contributed by atoms with Gasteiger partial charge in [0.1, 0.15) is 5.76 Å². The summed E-state index contributed by atoms with van der Waals surface area (Å²) in [6, 6.07) is 2.59. The van der Waals surface area contributed by atoms with E-state index < -0.39 is 0 Å². The maximum atomic E-state index is 5.17. The zero-order valence-electron chi connectivity index (χ0n) is 14.6. The highest BCUT2D eigenvalue weighted by molar-refractivity contribution is 5.12. The molecule has 2 atom stereocenters. The predicted octanol–water partition coefficient (Wildman–Crippen LogP) is 2.23. The lowest BCUT2D eigenvalue weighted by Crippen LogP contribution is -2.41. The topological polar surface area (TPSA) is 50.3 Å². The number of aromatic nitrogens is 3. The van der Waals surface area contributed by atoms with Crippen LogP contribution in [0, 0.1) is 12.8 Å². The van der Waals surface area contributed by atoms with E-state index in [-0.39, 0.29) is 0 Å². The second kappa shape index (κ2) is 6.84. The van der Waals surface area contributed by atoms with E-state index in [4.69, 9.17) is 4.52 Å². The first-order valence-corrected chi connectivity index (χ1v) is 8.33. The van der Waals surface area contributed by atoms with Crippen LogP contribution in [0.3, 0.4) is 0 Å². The fraction of sp³-hybridized carbons (Fsp3) is 0.647. The highest BCUT2D eigenvalue weighted by Crippen LogP contribution is 2.35. The van der Waals surface area contributed by atoms with Crippen molar-refractivity contribution >= 4 is 0 Å². The number of hydrogen-bond acceptors (Lipinski definition) is 5. The van der Waals surface area contributed by atoms with Crippen molar-refractivity contribution in [1.82, 2.24) is 24.7 Å². The number of piperidine rings is 1. The molecule has 2 aromatic heterocycles. The molecule has 0 amide bonds. The van der Waals surface area contributed by atoms with Crippen LogP contribution in [0.15, 0.2) is 23.0 Å². The Morgan fingerprint density at radius 1 is 1.39 bits per heavy atom. The van der Waals surface area contributed by atoms with Gasteiger partial charge in [0, 0.05) is 31.9 Å². The largest absolute Gasteiger partial charge is 0.361 e. The van der Waals surface area contributed by atoms with E-state index in [0.717, 1.165) is 25.4 Å². The quantitative estimate of drug-likeness (QED) is 0.846. The lowest BCUT2D eigenvalue weighted by atomic mass is 9.87. The first-order chi connectivity index (χ1) is 11.1. The molecule has 126 valence electrons. The van der Waals surface area contributed by atoms with Crippen LogP contribution in [0.1, 0.15) is 35.9 Å². The molecule has 1 aliphatic rings. The Hall–Kier alpha value is -1.66. The van der Waals surface area contributed by atoms with Crippen molar-refractivity contribution in [1.29, 1.82) is 0 Å². The lowest BCUT2D eigenvalue weighted by Gasteiger charge is -2.40. The van der Waals surface area contributed by atoms with E-state index >= 15 is 0 Å². The fourth-order valence-electron chi connectivity index (χ4n) is 3.82. The molecule has 0 unspecified atom stereocenters. The van der Waals surface area contributed by atoms with Crippen molar-refractivity contribution in [2.45, 2.75) is 32.4 Å². The molecule has 0 bridgehead atoms. The van der Waals surface area contributed by atoms with Crippen LogP contribution in [-0.4, -0.2) is 51.9 Å². The summed E-state index contributed by atoms with van der Waals surface area (Å²) in [5, 5.41) is 8.25. The molecule has 0 spiro atoms. The van der Waals surface area contributed by atoms with Gasteiger partial charge in [-0.15, -0.1) is 0 Å². The summed E-state index contributed by atoms with van der Waals surface area (Å²) in [7, 11) is 6.45. The van der Waals surface area contributed by atoms with Crippen molar-refractivity contribution < 1.29 is 4.52 Å². The number of likely N-dealkylation sites (tertiary alicyclic amines) is 1. The van der Waals surface area contributed by atoms with E-state index in [9.17, 15) is 0 Å². The van der Waals surface area contributed by atoms with E-state index in [2.05, 4.69) is 40.2 Å². The average molecular weight is 317 g/mol. The number of nitrogens with zero attached hydrogens (tertiary/aromatic N) is 5. The molecule has 1 saturated heterocycles. The summed E-state index contributed by atoms with van der Waals surface area (Å²) in [5.74, 6) is 1.52. The van der Waals surface area contributed by atoms with E-state index in [1.165, 1.54) is 24.1 Å². The molecule has 3 heterocycles. The van der Waals surface area contributed by atoms with E-state index in [1.54, 1.807) is 0 Å². The minimum atomic E-state index is 0.433. The van der Waals surface area contributed by atoms with Crippen molar-refractivity contribution in [3.05, 3.63) is 35.5 Å². The average Bonchev–Trinajstić information content (AvgIpc) is 3.09. The first-order valence-electron chi connectivity index (χ1n) is 8.33. The highest BCUT2D eigenvalue weighted by atomic mass is 16.5. The maximum absolute atomic E-state index is 5.17. The van der Waals surface area contributed by atoms with Crippen molar-refractivity contribution in [2.75, 3.05) is 27.2 Å². The van der Waals surface area contributed by atoms with Crippen LogP contribution in [0.25, 0.3) is 0 Å². The third-order valence-electron chi connectivity index (χ3n) is 5.01. The minimum absolute atomic E-state index is 0.433. The summed E-state index contributed by atoms with van der Waals surface area (Å²) >= 11 is 0. The van der Waals surface area contributed by atoms with Gasteiger partial charge in [-0.25, -0.2) is 0 Å². The van der Waals surface area contributed by atoms with Gasteiger partial charge in [0.05, 0.1) is 17.9 Å². The summed E-state index contributed by atoms with van der Waals surface area (Å²) in [4.78, 5) is 4.86. The minimum Gasteiger partial charge on any atom is -0.361 e. The summed E-state index contributed by atoms with van der Waals surface area (Å²) in [5.41, 5.74) is 2.49. The maximum Gasteiger partial charge on any atom is 0.138 e. The Bertz CT molecular complexity index is 634. The Labute approximate surface area is 138 Å². The molecule has 2 aromatic rings. The zero-order chi connectivity index (χ0) is 16.4. The molecule has 0 saturated carbocycles. The molecule has 0 N–H and O–H groups in total. The lowest BCUT2D eigenvalue weighted by molar-refractivity contribution is 0.0872. The van der Waals surface area contributed by atoms with Gasteiger partial charge in [0.15, 0.2) is 0 Å². The number of aryl methyl sites for hydroxylation is 2. The van der Waals surface area contributed by atoms with Gasteiger partial charge in [-0.3, -0.25) is 9.58 Å². The Morgan fingerprint density at radius 2 is 2.22 bits per heavy atom. The van der Waals surface area contributed by atoms with Gasteiger partial charge in [-0.1, -0.05) is 5.16 Å². The first kappa shape index (κ1) is 16.2. The Kier molecular flexibility index (Phi) is 4.82. The SMILES string of the molecule is Cc1oncc1CN(C)C[C@@H]1CCCN(C)[C@H]1c1ccnn1C. The molecule has 1 fully saturated rings. The molecular formula is C17H27N5O. The van der Waals surface area contributed by atoms with Crippen LogP contribution < -0.4 is 0 Å². The second-order valence-electron chi connectivity index (χ2n) is 6.81. The van der Waals surface area contributed by atoms with Crippen LogP contribution in [0.2, 0.25) is 0 Å². The smallest absolute Gasteiger partial charge is 0.138 e. The molecule has 0 aromatic carbocycles. The molecular weight excluding hydrogens is 290 g/mol.